The third-order valence-corrected chi connectivity index (χ3v) is 6.51. The number of carboxylic acid groups (broad SMARTS) is 1. The van der Waals surface area contributed by atoms with Gasteiger partial charge in [0.2, 0.25) is 5.60 Å². The van der Waals surface area contributed by atoms with Crippen molar-refractivity contribution in [1.29, 1.82) is 0 Å². The Hall–Kier alpha value is -3.68. The highest BCUT2D eigenvalue weighted by atomic mass is 16.6. The van der Waals surface area contributed by atoms with E-state index in [-0.39, 0.29) is 23.8 Å². The van der Waals surface area contributed by atoms with Crippen molar-refractivity contribution >= 4 is 11.9 Å². The number of ether oxygens (including phenoxy) is 2. The van der Waals surface area contributed by atoms with E-state index in [2.05, 4.69) is 17.0 Å². The van der Waals surface area contributed by atoms with Crippen LogP contribution < -0.4 is 4.74 Å². The Balaban J connectivity index is 1.42. The average Bonchev–Trinajstić information content (AvgIpc) is 2.92. The molecule has 0 bridgehead atoms. The van der Waals surface area contributed by atoms with Gasteiger partial charge < -0.3 is 19.7 Å². The molecule has 0 spiro atoms. The summed E-state index contributed by atoms with van der Waals surface area (Å²) in [5.74, 6) is -1.43. The number of carboxylic acids is 1. The summed E-state index contributed by atoms with van der Waals surface area (Å²) in [6.07, 6.45) is 1.81. The van der Waals surface area contributed by atoms with Gasteiger partial charge in [-0.3, -0.25) is 4.90 Å². The summed E-state index contributed by atoms with van der Waals surface area (Å²) in [7, 11) is 0. The number of hydrogen-bond donors (Lipinski definition) is 2. The zero-order valence-corrected chi connectivity index (χ0v) is 20.1. The zero-order valence-electron chi connectivity index (χ0n) is 20.1. The molecule has 2 N–H and O–H groups in total. The number of rotatable bonds is 10. The van der Waals surface area contributed by atoms with Gasteiger partial charge in [0, 0.05) is 12.1 Å². The molecule has 1 atom stereocenters. The molecule has 0 saturated carbocycles. The molecule has 1 saturated heterocycles. The Morgan fingerprint density at radius 2 is 1.53 bits per heavy atom. The van der Waals surface area contributed by atoms with Crippen molar-refractivity contribution in [2.24, 2.45) is 5.92 Å². The minimum Gasteiger partial charge on any atom is -0.482 e. The second-order valence-electron chi connectivity index (χ2n) is 9.09. The van der Waals surface area contributed by atoms with Crippen LogP contribution in [0, 0.1) is 5.92 Å². The molecule has 0 aliphatic carbocycles. The minimum absolute atomic E-state index is 0.214. The van der Waals surface area contributed by atoms with E-state index < -0.39 is 24.1 Å². The molecule has 7 nitrogen and oxygen atoms in total. The highest BCUT2D eigenvalue weighted by Crippen LogP contribution is 2.33. The molecule has 1 heterocycles. The van der Waals surface area contributed by atoms with E-state index in [1.165, 1.54) is 11.6 Å². The summed E-state index contributed by atoms with van der Waals surface area (Å²) in [6, 6.07) is 25.2. The number of nitrogens with zero attached hydrogens (tertiary/aromatic N) is 1. The van der Waals surface area contributed by atoms with Gasteiger partial charge in [-0.1, -0.05) is 72.8 Å². The molecule has 188 valence electrons. The molecule has 0 radical (unpaired) electrons. The first-order valence-electron chi connectivity index (χ1n) is 12.1. The number of aliphatic carboxylic acids is 1. The monoisotopic (exact) mass is 489 g/mol. The minimum atomic E-state index is -2.06. The van der Waals surface area contributed by atoms with E-state index in [0.29, 0.717) is 5.56 Å². The van der Waals surface area contributed by atoms with Crippen molar-refractivity contribution in [1.82, 2.24) is 4.90 Å². The lowest BCUT2D eigenvalue weighted by atomic mass is 9.86. The Kier molecular flexibility index (Phi) is 8.36. The fourth-order valence-corrected chi connectivity index (χ4v) is 4.49. The Labute approximate surface area is 210 Å². The molecular formula is C29H31NO6. The van der Waals surface area contributed by atoms with E-state index in [0.717, 1.165) is 32.5 Å². The van der Waals surface area contributed by atoms with Gasteiger partial charge in [0.1, 0.15) is 5.75 Å². The third kappa shape index (κ3) is 6.30. The van der Waals surface area contributed by atoms with Gasteiger partial charge in [-0.25, -0.2) is 9.59 Å². The number of piperidine rings is 1. The molecule has 0 aromatic heterocycles. The number of likely N-dealkylation sites (tertiary alicyclic amines) is 1. The maximum Gasteiger partial charge on any atom is 0.347 e. The number of aliphatic hydroxyl groups is 1. The molecule has 1 fully saturated rings. The van der Waals surface area contributed by atoms with Crippen molar-refractivity contribution in [3.05, 3.63) is 102 Å². The first-order chi connectivity index (χ1) is 17.4. The fraction of sp³-hybridized carbons (Fsp3) is 0.310. The second-order valence-corrected chi connectivity index (χ2v) is 9.09. The molecule has 1 aliphatic rings. The summed E-state index contributed by atoms with van der Waals surface area (Å²) < 4.78 is 11.0. The highest BCUT2D eigenvalue weighted by molar-refractivity contribution is 5.85. The largest absolute Gasteiger partial charge is 0.482 e. The van der Waals surface area contributed by atoms with Gasteiger partial charge in [0.15, 0.2) is 6.61 Å². The standard InChI is InChI=1S/C29H31NO6/c31-27(32)21-35-26-13-7-12-25(18-26)29(34,24-10-5-2-6-11-24)28(33)36-20-23-14-16-30(17-15-23)19-22-8-3-1-4-9-22/h1-13,18,23,34H,14-17,19-21H2,(H,31,32)/t29-/m0/s1. The average molecular weight is 490 g/mol. The van der Waals surface area contributed by atoms with Crippen LogP contribution in [0.4, 0.5) is 0 Å². The lowest BCUT2D eigenvalue weighted by Crippen LogP contribution is -2.40. The highest BCUT2D eigenvalue weighted by Gasteiger charge is 2.42. The van der Waals surface area contributed by atoms with Crippen molar-refractivity contribution in [2.75, 3.05) is 26.3 Å². The molecule has 4 rings (SSSR count). The number of esters is 1. The van der Waals surface area contributed by atoms with E-state index in [4.69, 9.17) is 14.6 Å². The van der Waals surface area contributed by atoms with Crippen molar-refractivity contribution in [2.45, 2.75) is 25.0 Å². The molecule has 1 aliphatic heterocycles. The van der Waals surface area contributed by atoms with Gasteiger partial charge in [0.05, 0.1) is 6.61 Å². The number of hydrogen-bond acceptors (Lipinski definition) is 6. The fourth-order valence-electron chi connectivity index (χ4n) is 4.49. The summed E-state index contributed by atoms with van der Waals surface area (Å²) in [5.41, 5.74) is -0.162. The van der Waals surface area contributed by atoms with Crippen molar-refractivity contribution in [3.8, 4) is 5.75 Å². The molecule has 7 heteroatoms. The number of carbonyl (C=O) groups excluding carboxylic acids is 1. The van der Waals surface area contributed by atoms with Crippen molar-refractivity contribution in [3.63, 3.8) is 0 Å². The normalized spacial score (nSPS) is 16.1. The van der Waals surface area contributed by atoms with E-state index >= 15 is 0 Å². The Morgan fingerprint density at radius 3 is 2.19 bits per heavy atom. The Morgan fingerprint density at radius 1 is 0.889 bits per heavy atom. The molecule has 36 heavy (non-hydrogen) atoms. The van der Waals surface area contributed by atoms with Crippen LogP contribution >= 0.6 is 0 Å². The topological polar surface area (TPSA) is 96.3 Å². The van der Waals surface area contributed by atoms with Crippen LogP contribution in [-0.4, -0.2) is 53.4 Å². The van der Waals surface area contributed by atoms with Gasteiger partial charge >= 0.3 is 11.9 Å². The van der Waals surface area contributed by atoms with E-state index in [1.807, 2.05) is 18.2 Å². The predicted octanol–water partition coefficient (Wildman–Crippen LogP) is 3.84. The lowest BCUT2D eigenvalue weighted by Gasteiger charge is -2.33. The van der Waals surface area contributed by atoms with Crippen LogP contribution in [0.5, 0.6) is 5.75 Å². The summed E-state index contributed by atoms with van der Waals surface area (Å²) in [5, 5.41) is 20.6. The molecule has 3 aromatic rings. The zero-order chi connectivity index (χ0) is 25.4. The van der Waals surface area contributed by atoms with Gasteiger partial charge in [-0.15, -0.1) is 0 Å². The van der Waals surface area contributed by atoms with Crippen molar-refractivity contribution < 1.29 is 29.3 Å². The third-order valence-electron chi connectivity index (χ3n) is 6.51. The maximum absolute atomic E-state index is 13.4. The number of carbonyl (C=O) groups is 2. The second kappa shape index (κ2) is 11.8. The molecule has 3 aromatic carbocycles. The first-order valence-corrected chi connectivity index (χ1v) is 12.1. The van der Waals surface area contributed by atoms with Crippen LogP contribution in [0.3, 0.4) is 0 Å². The first kappa shape index (κ1) is 25.4. The van der Waals surface area contributed by atoms with Crippen LogP contribution in [0.1, 0.15) is 29.5 Å². The molecule has 0 unspecified atom stereocenters. The summed E-state index contributed by atoms with van der Waals surface area (Å²) >= 11 is 0. The van der Waals surface area contributed by atoms with Crippen LogP contribution in [0.15, 0.2) is 84.9 Å². The molecule has 0 amide bonds. The van der Waals surface area contributed by atoms with Crippen LogP contribution in [0.2, 0.25) is 0 Å². The SMILES string of the molecule is O=C(O)COc1cccc([C@](O)(C(=O)OCC2CCN(Cc3ccccc3)CC2)c2ccccc2)c1. The summed E-state index contributed by atoms with van der Waals surface area (Å²) in [4.78, 5) is 26.7. The van der Waals surface area contributed by atoms with Gasteiger partial charge in [-0.2, -0.15) is 0 Å². The Bertz CT molecular complexity index is 1140. The van der Waals surface area contributed by atoms with Crippen LogP contribution in [-0.2, 0) is 26.5 Å². The smallest absolute Gasteiger partial charge is 0.347 e. The summed E-state index contributed by atoms with van der Waals surface area (Å²) in [6.45, 7) is 2.44. The predicted molar refractivity (Wildman–Crippen MR) is 134 cm³/mol. The van der Waals surface area contributed by atoms with Gasteiger partial charge in [-0.05, 0) is 55.1 Å². The lowest BCUT2D eigenvalue weighted by molar-refractivity contribution is -0.164. The number of benzene rings is 3. The quantitative estimate of drug-likeness (QED) is 0.418. The van der Waals surface area contributed by atoms with Crippen LogP contribution in [0.25, 0.3) is 0 Å². The van der Waals surface area contributed by atoms with Gasteiger partial charge in [0.25, 0.3) is 0 Å². The maximum atomic E-state index is 13.4. The van der Waals surface area contributed by atoms with E-state index in [9.17, 15) is 14.7 Å². The molecular weight excluding hydrogens is 458 g/mol. The van der Waals surface area contributed by atoms with E-state index in [1.54, 1.807) is 48.5 Å².